The molecule has 21 heavy (non-hydrogen) atoms. The smallest absolute Gasteiger partial charge is 0.0725 e. The quantitative estimate of drug-likeness (QED) is 0.669. The van der Waals surface area contributed by atoms with Crippen molar-refractivity contribution in [3.05, 3.63) is 64.5 Å². The average molecular weight is 281 g/mol. The third-order valence-corrected chi connectivity index (χ3v) is 4.69. The third kappa shape index (κ3) is 2.16. The number of nitrogens with one attached hydrogen (secondary N) is 1. The molecule has 0 bridgehead atoms. The van der Waals surface area contributed by atoms with E-state index in [0.29, 0.717) is 12.5 Å². The van der Waals surface area contributed by atoms with E-state index in [1.54, 1.807) is 0 Å². The number of benzene rings is 1. The van der Waals surface area contributed by atoms with Crippen LogP contribution in [-0.2, 0) is 24.4 Å². The van der Waals surface area contributed by atoms with Crippen LogP contribution in [0.15, 0.2) is 36.5 Å². The van der Waals surface area contributed by atoms with Crippen molar-refractivity contribution in [2.24, 2.45) is 5.84 Å². The molecule has 1 aliphatic carbocycles. The molecule has 2 atom stereocenters. The van der Waals surface area contributed by atoms with Crippen LogP contribution in [0.3, 0.4) is 0 Å². The van der Waals surface area contributed by atoms with Crippen LogP contribution in [0.1, 0.15) is 46.3 Å². The molecule has 2 aromatic rings. The molecular formula is C17H19N3O. The molecule has 0 spiro atoms. The minimum absolute atomic E-state index is 0.104. The lowest BCUT2D eigenvalue weighted by Crippen LogP contribution is -2.32. The van der Waals surface area contributed by atoms with Crippen molar-refractivity contribution in [1.29, 1.82) is 0 Å². The summed E-state index contributed by atoms with van der Waals surface area (Å²) in [7, 11) is 0. The zero-order valence-electron chi connectivity index (χ0n) is 11.9. The second-order valence-electron chi connectivity index (χ2n) is 5.86. The summed E-state index contributed by atoms with van der Waals surface area (Å²) in [5, 5.41) is 0. The number of ether oxygens (including phenoxy) is 1. The SMILES string of the molecule is NNC(c1ccc2c(c1)COC2)C1CCc2cccnc21. The van der Waals surface area contributed by atoms with E-state index in [1.807, 2.05) is 12.3 Å². The van der Waals surface area contributed by atoms with E-state index in [4.69, 9.17) is 10.6 Å². The summed E-state index contributed by atoms with van der Waals surface area (Å²) in [5.74, 6) is 6.22. The fourth-order valence-corrected chi connectivity index (χ4v) is 3.60. The monoisotopic (exact) mass is 281 g/mol. The predicted octanol–water partition coefficient (Wildman–Crippen LogP) is 2.35. The highest BCUT2D eigenvalue weighted by molar-refractivity contribution is 5.38. The second kappa shape index (κ2) is 5.22. The van der Waals surface area contributed by atoms with Crippen LogP contribution in [0.2, 0.25) is 0 Å². The number of pyridine rings is 1. The van der Waals surface area contributed by atoms with Crippen molar-refractivity contribution >= 4 is 0 Å². The summed E-state index contributed by atoms with van der Waals surface area (Å²) in [6.45, 7) is 1.43. The number of hydrazine groups is 1. The lowest BCUT2D eigenvalue weighted by molar-refractivity contribution is 0.134. The molecule has 3 N–H and O–H groups in total. The summed E-state index contributed by atoms with van der Waals surface area (Å²) in [5.41, 5.74) is 9.36. The number of nitrogens with two attached hydrogens (primary N) is 1. The van der Waals surface area contributed by atoms with Gasteiger partial charge in [0.15, 0.2) is 0 Å². The normalized spacial score (nSPS) is 21.1. The van der Waals surface area contributed by atoms with Crippen molar-refractivity contribution in [1.82, 2.24) is 10.4 Å². The largest absolute Gasteiger partial charge is 0.372 e. The molecule has 1 aromatic heterocycles. The fourth-order valence-electron chi connectivity index (χ4n) is 3.60. The van der Waals surface area contributed by atoms with Gasteiger partial charge in [-0.3, -0.25) is 16.3 Å². The molecule has 0 fully saturated rings. The Hall–Kier alpha value is -1.75. The van der Waals surface area contributed by atoms with E-state index < -0.39 is 0 Å². The predicted molar refractivity (Wildman–Crippen MR) is 80.3 cm³/mol. The van der Waals surface area contributed by atoms with Crippen molar-refractivity contribution < 1.29 is 4.74 Å². The van der Waals surface area contributed by atoms with E-state index in [2.05, 4.69) is 34.7 Å². The Balaban J connectivity index is 1.70. The van der Waals surface area contributed by atoms with Crippen molar-refractivity contribution in [3.63, 3.8) is 0 Å². The first-order valence-electron chi connectivity index (χ1n) is 7.46. The number of hydrogen-bond donors (Lipinski definition) is 2. The minimum Gasteiger partial charge on any atom is -0.372 e. The molecule has 4 nitrogen and oxygen atoms in total. The number of aromatic nitrogens is 1. The summed E-state index contributed by atoms with van der Waals surface area (Å²) < 4.78 is 5.50. The maximum Gasteiger partial charge on any atom is 0.0725 e. The summed E-state index contributed by atoms with van der Waals surface area (Å²) in [6.07, 6.45) is 4.05. The first-order valence-corrected chi connectivity index (χ1v) is 7.46. The van der Waals surface area contributed by atoms with Crippen molar-refractivity contribution in [3.8, 4) is 0 Å². The minimum atomic E-state index is 0.104. The molecule has 0 amide bonds. The van der Waals surface area contributed by atoms with Gasteiger partial charge in [0, 0.05) is 17.8 Å². The number of nitrogens with zero attached hydrogens (tertiary/aromatic N) is 1. The Labute approximate surface area is 124 Å². The maximum atomic E-state index is 5.88. The topological polar surface area (TPSA) is 60.2 Å². The first-order chi connectivity index (χ1) is 10.4. The molecule has 2 unspecified atom stereocenters. The summed E-state index contributed by atoms with van der Waals surface area (Å²) in [4.78, 5) is 4.59. The molecule has 0 saturated carbocycles. The van der Waals surface area contributed by atoms with E-state index in [1.165, 1.54) is 27.9 Å². The molecular weight excluding hydrogens is 262 g/mol. The molecule has 2 heterocycles. The molecule has 4 heteroatoms. The van der Waals surface area contributed by atoms with Crippen LogP contribution >= 0.6 is 0 Å². The van der Waals surface area contributed by atoms with Gasteiger partial charge >= 0.3 is 0 Å². The third-order valence-electron chi connectivity index (χ3n) is 4.69. The zero-order valence-corrected chi connectivity index (χ0v) is 11.9. The number of hydrogen-bond acceptors (Lipinski definition) is 4. The van der Waals surface area contributed by atoms with Gasteiger partial charge in [0.05, 0.1) is 19.3 Å². The highest BCUT2D eigenvalue weighted by atomic mass is 16.5. The molecule has 1 aromatic carbocycles. The van der Waals surface area contributed by atoms with Gasteiger partial charge in [-0.1, -0.05) is 24.3 Å². The van der Waals surface area contributed by atoms with Crippen molar-refractivity contribution in [2.75, 3.05) is 0 Å². The maximum absolute atomic E-state index is 5.88. The molecule has 0 radical (unpaired) electrons. The fraction of sp³-hybridized carbons (Fsp3) is 0.353. The molecule has 108 valence electrons. The van der Waals surface area contributed by atoms with Crippen LogP contribution in [0.25, 0.3) is 0 Å². The van der Waals surface area contributed by atoms with Gasteiger partial charge in [0.2, 0.25) is 0 Å². The van der Waals surface area contributed by atoms with Gasteiger partial charge < -0.3 is 4.74 Å². The average Bonchev–Trinajstić information content (AvgIpc) is 3.15. The van der Waals surface area contributed by atoms with Gasteiger partial charge in [0.1, 0.15) is 0 Å². The van der Waals surface area contributed by atoms with Gasteiger partial charge in [-0.15, -0.1) is 0 Å². The Morgan fingerprint density at radius 1 is 1.19 bits per heavy atom. The molecule has 4 rings (SSSR count). The van der Waals surface area contributed by atoms with E-state index >= 15 is 0 Å². The van der Waals surface area contributed by atoms with Crippen molar-refractivity contribution in [2.45, 2.75) is 38.0 Å². The Bertz CT molecular complexity index is 671. The molecule has 1 aliphatic heterocycles. The highest BCUT2D eigenvalue weighted by Crippen LogP contribution is 2.40. The van der Waals surface area contributed by atoms with E-state index in [0.717, 1.165) is 19.4 Å². The van der Waals surface area contributed by atoms with Crippen LogP contribution < -0.4 is 11.3 Å². The van der Waals surface area contributed by atoms with Gasteiger partial charge in [0.25, 0.3) is 0 Å². The Morgan fingerprint density at radius 3 is 3.00 bits per heavy atom. The van der Waals surface area contributed by atoms with Gasteiger partial charge in [-0.2, -0.15) is 0 Å². The lowest BCUT2D eigenvalue weighted by atomic mass is 9.90. The van der Waals surface area contributed by atoms with Crippen LogP contribution in [-0.4, -0.2) is 4.98 Å². The molecule has 0 saturated heterocycles. The van der Waals surface area contributed by atoms with Gasteiger partial charge in [-0.05, 0) is 41.2 Å². The van der Waals surface area contributed by atoms with E-state index in [9.17, 15) is 0 Å². The number of aryl methyl sites for hydroxylation is 1. The Morgan fingerprint density at radius 2 is 2.10 bits per heavy atom. The van der Waals surface area contributed by atoms with Crippen LogP contribution in [0.4, 0.5) is 0 Å². The number of rotatable bonds is 3. The van der Waals surface area contributed by atoms with Gasteiger partial charge in [-0.25, -0.2) is 0 Å². The highest BCUT2D eigenvalue weighted by Gasteiger charge is 2.31. The lowest BCUT2D eigenvalue weighted by Gasteiger charge is -2.24. The zero-order chi connectivity index (χ0) is 14.2. The van der Waals surface area contributed by atoms with E-state index in [-0.39, 0.29) is 6.04 Å². The second-order valence-corrected chi connectivity index (χ2v) is 5.86. The standard InChI is InChI=1S/C17H19N3O/c18-20-17(12-3-4-13-9-21-10-14(13)8-12)15-6-5-11-2-1-7-19-16(11)15/h1-4,7-8,15,17,20H,5-6,9-10,18H2. The van der Waals surface area contributed by atoms with Crippen LogP contribution in [0.5, 0.6) is 0 Å². The molecule has 2 aliphatic rings. The summed E-state index contributed by atoms with van der Waals surface area (Å²) >= 11 is 0. The first kappa shape index (κ1) is 13.0. The Kier molecular flexibility index (Phi) is 3.22. The van der Waals surface area contributed by atoms with Crippen LogP contribution in [0, 0.1) is 0 Å². The number of fused-ring (bicyclic) bond motifs is 2. The summed E-state index contributed by atoms with van der Waals surface area (Å²) in [6, 6.07) is 10.8.